The van der Waals surface area contributed by atoms with E-state index in [1.807, 2.05) is 0 Å². The number of hydrogen-bond donors (Lipinski definition) is 1. The monoisotopic (exact) mass is 1030 g/mol. The summed E-state index contributed by atoms with van der Waals surface area (Å²) in [5.41, 5.74) is 11.3. The average Bonchev–Trinajstić information content (AvgIpc) is 1.39. The smallest absolute Gasteiger partial charge is 0.407 e. The number of rotatable bonds is 5. The summed E-state index contributed by atoms with van der Waals surface area (Å²) >= 11 is 0. The van der Waals surface area contributed by atoms with Crippen molar-refractivity contribution in [2.24, 2.45) is 0 Å². The zero-order valence-corrected chi connectivity index (χ0v) is 43.0. The summed E-state index contributed by atoms with van der Waals surface area (Å²) in [5.74, 6) is 0.0281. The summed E-state index contributed by atoms with van der Waals surface area (Å²) in [4.78, 5) is 17.1. The van der Waals surface area contributed by atoms with Gasteiger partial charge in [0.1, 0.15) is 6.61 Å². The Balaban J connectivity index is 0.784. The fourth-order valence-electron chi connectivity index (χ4n) is 28.0. The van der Waals surface area contributed by atoms with Crippen molar-refractivity contribution in [3.63, 3.8) is 0 Å². The van der Waals surface area contributed by atoms with Gasteiger partial charge in [-0.1, -0.05) is 48.5 Å². The van der Waals surface area contributed by atoms with Crippen molar-refractivity contribution in [1.29, 1.82) is 0 Å². The van der Waals surface area contributed by atoms with E-state index >= 15 is 0 Å². The number of carbonyl (C=O) groups is 1. The Kier molecular flexibility index (Phi) is 3.24. The molecule has 6 aliphatic rings. The Bertz CT molecular complexity index is 7500. The van der Waals surface area contributed by atoms with Crippen LogP contribution in [0.4, 0.5) is 4.79 Å². The molecule has 0 bridgehead atoms. The third-order valence-corrected chi connectivity index (χ3v) is 28.6. The zero-order chi connectivity index (χ0) is 50.1. The molecule has 83 heavy (non-hydrogen) atoms. The van der Waals surface area contributed by atoms with Crippen LogP contribution in [-0.4, -0.2) is 43.8 Å². The van der Waals surface area contributed by atoms with Gasteiger partial charge in [0.2, 0.25) is 0 Å². The number of alkyl carbamates (subject to hydrolysis) is 1. The van der Waals surface area contributed by atoms with Crippen LogP contribution in [0, 0.1) is 0 Å². The summed E-state index contributed by atoms with van der Waals surface area (Å²) in [6.45, 7) is 3.55. The Morgan fingerprint density at radius 3 is 0.795 bits per heavy atom. The summed E-state index contributed by atoms with van der Waals surface area (Å²) < 4.78 is 6.29. The number of hydrogen-bond acceptors (Lipinski definition) is 3. The quantitative estimate of drug-likeness (QED) is 0.175. The molecule has 2 spiro atoms. The Hall–Kier alpha value is -9.87. The second-order valence-electron chi connectivity index (χ2n) is 29.5. The van der Waals surface area contributed by atoms with E-state index < -0.39 is 0 Å². The fraction of sp³-hybridized carbons (Fsp3) is 0.101. The van der Waals surface area contributed by atoms with Crippen LogP contribution in [0.15, 0.2) is 48.5 Å². The number of nitrogens with one attached hydrogen (secondary N) is 1. The van der Waals surface area contributed by atoms with E-state index in [2.05, 4.69) is 58.7 Å². The maximum Gasteiger partial charge on any atom is 0.407 e. The van der Waals surface area contributed by atoms with Crippen LogP contribution < -0.4 is 5.32 Å². The molecule has 0 saturated carbocycles. The van der Waals surface area contributed by atoms with Crippen molar-refractivity contribution in [1.82, 2.24) is 10.2 Å². The van der Waals surface area contributed by atoms with E-state index in [0.717, 1.165) is 19.6 Å². The number of carbonyl (C=O) groups excluding carboxylic acids is 1. The molecule has 4 heteroatoms. The molecule has 36 rings (SSSR count). The first kappa shape index (κ1) is 33.2. The van der Waals surface area contributed by atoms with E-state index in [4.69, 9.17) is 4.74 Å². The van der Waals surface area contributed by atoms with Crippen LogP contribution in [-0.2, 0) is 15.6 Å². The van der Waals surface area contributed by atoms with Gasteiger partial charge in [-0.05, 0) is 335 Å². The number of benzene rings is 20. The molecule has 5 aliphatic carbocycles. The molecule has 0 atom stereocenters. The number of nitrogens with zero attached hydrogens (tertiary/aromatic N) is 1. The van der Waals surface area contributed by atoms with Crippen molar-refractivity contribution in [2.45, 2.75) is 16.7 Å². The molecule has 1 amide bonds. The first-order valence-electron chi connectivity index (χ1n) is 30.8. The van der Waals surface area contributed by atoms with Gasteiger partial charge in [-0.25, -0.2) is 4.79 Å². The van der Waals surface area contributed by atoms with E-state index in [9.17, 15) is 4.79 Å². The molecule has 358 valence electrons. The second-order valence-corrected chi connectivity index (χ2v) is 29.5. The predicted octanol–water partition coefficient (Wildman–Crippen LogP) is 19.1. The molecular weight excluding hydrogens is 1010 g/mol. The minimum atomic E-state index is -0.308. The molecular formula is C79H20N2O2. The fourth-order valence-corrected chi connectivity index (χ4v) is 28.0. The lowest BCUT2D eigenvalue weighted by Crippen LogP contribution is -2.51. The molecule has 1 N–H and O–H groups in total. The molecule has 1 aliphatic heterocycles. The topological polar surface area (TPSA) is 41.6 Å². The standard InChI is InChI=1S/C79H20N2O2/c82-77(83-11-18-16-7-3-1-5-14(16)15-6-2-4-8-17(15)18)80-9-10-81-12-78-73-65-57-47-37-29-21-19-20-23-27-25(21)33-41-35(27)45-39-31(23)32-24(20)28-26-22(19)30(29)38-44-34(26)42-36(28)46-40(32)50-49(39)59-53(45)63-55(41)61(51(57)43(33)37)69(73)71(63)75-67(59)68-60(50)54(46)64-56(42)62-52(44)58(48(38)47)66(65)74(78)70(62)72(64)76(68)79(75,78)13-81/h1-8,18H,9-13H2,(H,80,82). The minimum absolute atomic E-state index is 0.0281. The molecule has 0 aromatic heterocycles. The Labute approximate surface area is 456 Å². The van der Waals surface area contributed by atoms with E-state index in [-0.39, 0.29) is 22.8 Å². The molecule has 1 saturated heterocycles. The van der Waals surface area contributed by atoms with Crippen LogP contribution in [0.25, 0.3) is 302 Å². The first-order valence-corrected chi connectivity index (χ1v) is 30.8. The molecule has 30 aromatic carbocycles. The third kappa shape index (κ3) is 2.03. The molecule has 0 unspecified atom stereocenters. The number of likely N-dealkylation sites (tertiary alicyclic amines) is 1. The van der Waals surface area contributed by atoms with Crippen LogP contribution in [0.2, 0.25) is 0 Å². The number of amides is 1. The average molecular weight is 1030 g/mol. The van der Waals surface area contributed by atoms with Crippen molar-refractivity contribution in [3.05, 3.63) is 81.9 Å². The third-order valence-electron chi connectivity index (χ3n) is 28.6. The largest absolute Gasteiger partial charge is 0.449 e. The lowest BCUT2D eigenvalue weighted by molar-refractivity contribution is 0.141. The van der Waals surface area contributed by atoms with Crippen molar-refractivity contribution >= 4 is 297 Å². The van der Waals surface area contributed by atoms with Gasteiger partial charge in [0.25, 0.3) is 0 Å². The summed E-state index contributed by atoms with van der Waals surface area (Å²) in [6, 6.07) is 17.3. The van der Waals surface area contributed by atoms with Gasteiger partial charge in [0, 0.05) is 32.1 Å². The highest BCUT2D eigenvalue weighted by Crippen LogP contribution is 2.85. The van der Waals surface area contributed by atoms with Gasteiger partial charge in [-0.15, -0.1) is 0 Å². The highest BCUT2D eigenvalue weighted by Gasteiger charge is 2.72. The van der Waals surface area contributed by atoms with Crippen LogP contribution in [0.1, 0.15) is 39.3 Å². The van der Waals surface area contributed by atoms with Crippen LogP contribution in [0.3, 0.4) is 0 Å². The zero-order valence-electron chi connectivity index (χ0n) is 43.0. The Morgan fingerprint density at radius 2 is 0.554 bits per heavy atom. The van der Waals surface area contributed by atoms with Gasteiger partial charge in [-0.2, -0.15) is 0 Å². The highest BCUT2D eigenvalue weighted by atomic mass is 16.5. The number of fused-ring (bicyclic) bond motifs is 3. The van der Waals surface area contributed by atoms with Gasteiger partial charge < -0.3 is 10.1 Å². The first-order chi connectivity index (χ1) is 41.3. The molecule has 4 nitrogen and oxygen atoms in total. The van der Waals surface area contributed by atoms with E-state index in [1.54, 1.807) is 313 Å². The lowest BCUT2D eigenvalue weighted by atomic mass is 9.50. The van der Waals surface area contributed by atoms with Crippen LogP contribution in [0.5, 0.6) is 0 Å². The summed E-state index contributed by atoms with van der Waals surface area (Å²) in [5, 5.41) is 92.0. The molecule has 0 radical (unpaired) electrons. The molecule has 1 heterocycles. The van der Waals surface area contributed by atoms with Crippen LogP contribution >= 0.6 is 0 Å². The minimum Gasteiger partial charge on any atom is -0.449 e. The SMILES string of the molecule is O=C(NCCN1CC23c4c5c6c7c8c9c(c%10c%11c2c2c4c4c%12c5c5c6c6c8c8c%13c9c9c%10c%10c%11c%11c2c2c4c4c%12c%12c5c5c6c8c6c8c%13c9c9c%10c%10c%11c2c2c4c4c%12c5c6c5c8c9c%10c2c45)C73C1)OCC1c2ccccc2-c2ccccc21. The van der Waals surface area contributed by atoms with Gasteiger partial charge in [0.05, 0.1) is 10.8 Å². The van der Waals surface area contributed by atoms with E-state index in [1.165, 1.54) is 22.3 Å². The van der Waals surface area contributed by atoms with Gasteiger partial charge in [-0.3, -0.25) is 4.90 Å². The predicted molar refractivity (Wildman–Crippen MR) is 343 cm³/mol. The maximum atomic E-state index is 14.2. The van der Waals surface area contributed by atoms with Gasteiger partial charge in [0.15, 0.2) is 0 Å². The van der Waals surface area contributed by atoms with Crippen molar-refractivity contribution in [3.8, 4) is 11.1 Å². The second kappa shape index (κ2) is 8.11. The lowest BCUT2D eigenvalue weighted by Gasteiger charge is -2.49. The maximum absolute atomic E-state index is 14.2. The van der Waals surface area contributed by atoms with Crippen molar-refractivity contribution in [2.75, 3.05) is 32.8 Å². The van der Waals surface area contributed by atoms with Crippen molar-refractivity contribution < 1.29 is 9.53 Å². The normalized spacial score (nSPS) is 21.6. The summed E-state index contributed by atoms with van der Waals surface area (Å²) in [7, 11) is 0. The summed E-state index contributed by atoms with van der Waals surface area (Å²) in [6.07, 6.45) is -0.308. The van der Waals surface area contributed by atoms with Gasteiger partial charge >= 0.3 is 6.09 Å². The van der Waals surface area contributed by atoms with E-state index in [0.29, 0.717) is 13.2 Å². The number of ether oxygens (including phenoxy) is 1. The Morgan fingerprint density at radius 1 is 0.337 bits per heavy atom. The highest BCUT2D eigenvalue weighted by molar-refractivity contribution is 6.82. The molecule has 30 aromatic rings. The molecule has 1 fully saturated rings.